The Hall–Kier alpha value is -1.32. The first-order valence-corrected chi connectivity index (χ1v) is 7.44. The van der Waals surface area contributed by atoms with Gasteiger partial charge in [-0.1, -0.05) is 12.8 Å². The van der Waals surface area contributed by atoms with E-state index in [2.05, 4.69) is 0 Å². The molecule has 1 fully saturated rings. The average Bonchev–Trinajstić information content (AvgIpc) is 2.29. The maximum atomic E-state index is 11.1. The second-order valence-corrected chi connectivity index (χ2v) is 5.91. The van der Waals surface area contributed by atoms with Crippen LogP contribution in [0.15, 0.2) is 9.98 Å². The molecule has 2 atom stereocenters. The molecule has 20 heavy (non-hydrogen) atoms. The van der Waals surface area contributed by atoms with Crippen LogP contribution in [0.1, 0.15) is 66.2 Å². The van der Waals surface area contributed by atoms with Crippen LogP contribution >= 0.6 is 0 Å². The first-order chi connectivity index (χ1) is 9.38. The number of aliphatic imine (C=N–C) groups is 2. The monoisotopic (exact) mass is 278 g/mol. The third kappa shape index (κ3) is 6.22. The Kier molecular flexibility index (Phi) is 6.76. The van der Waals surface area contributed by atoms with Gasteiger partial charge in [-0.3, -0.25) is 19.6 Å². The van der Waals surface area contributed by atoms with E-state index in [1.165, 1.54) is 12.8 Å². The molecule has 4 heteroatoms. The zero-order valence-corrected chi connectivity index (χ0v) is 13.1. The van der Waals surface area contributed by atoms with E-state index in [0.717, 1.165) is 24.3 Å². The van der Waals surface area contributed by atoms with Crippen LogP contribution in [0.4, 0.5) is 0 Å². The van der Waals surface area contributed by atoms with E-state index in [4.69, 9.17) is 9.98 Å². The topological polar surface area (TPSA) is 58.9 Å². The van der Waals surface area contributed by atoms with E-state index >= 15 is 0 Å². The van der Waals surface area contributed by atoms with Crippen LogP contribution in [-0.2, 0) is 9.59 Å². The fraction of sp³-hybridized carbons (Fsp3) is 0.750. The molecular weight excluding hydrogens is 252 g/mol. The van der Waals surface area contributed by atoms with Crippen LogP contribution in [0, 0.1) is 0 Å². The molecule has 112 valence electrons. The standard InChI is InChI=1S/C16H26N2O2/c1-11(9-13(3)19)17-15-7-5-6-8-16(15)18-12(2)10-14(4)20/h15-16H,5-10H2,1-4H3/t15-,16-/m1/s1. The molecule has 0 aromatic rings. The van der Waals surface area contributed by atoms with Crippen molar-refractivity contribution in [3.05, 3.63) is 0 Å². The molecule has 0 aromatic heterocycles. The lowest BCUT2D eigenvalue weighted by Gasteiger charge is -2.27. The Morgan fingerprint density at radius 2 is 1.15 bits per heavy atom. The summed E-state index contributed by atoms with van der Waals surface area (Å²) in [6, 6.07) is 0.343. The van der Waals surface area contributed by atoms with Crippen LogP contribution in [0.5, 0.6) is 0 Å². The van der Waals surface area contributed by atoms with Crippen molar-refractivity contribution in [2.24, 2.45) is 9.98 Å². The third-order valence-corrected chi connectivity index (χ3v) is 3.48. The Morgan fingerprint density at radius 1 is 0.800 bits per heavy atom. The quantitative estimate of drug-likeness (QED) is 0.701. The van der Waals surface area contributed by atoms with Gasteiger partial charge < -0.3 is 0 Å². The molecule has 1 aliphatic carbocycles. The van der Waals surface area contributed by atoms with Gasteiger partial charge in [0.05, 0.1) is 12.1 Å². The minimum atomic E-state index is 0.148. The lowest BCUT2D eigenvalue weighted by molar-refractivity contribution is -0.116. The molecule has 0 aliphatic heterocycles. The number of carbonyl (C=O) groups excluding carboxylic acids is 2. The van der Waals surface area contributed by atoms with Crippen molar-refractivity contribution < 1.29 is 9.59 Å². The van der Waals surface area contributed by atoms with Crippen molar-refractivity contribution in [1.29, 1.82) is 0 Å². The first-order valence-electron chi connectivity index (χ1n) is 7.44. The number of Topliss-reactive ketones (excluding diaryl/α,β-unsaturated/α-hetero) is 2. The predicted molar refractivity (Wildman–Crippen MR) is 82.9 cm³/mol. The molecule has 0 saturated heterocycles. The SMILES string of the molecule is CC(=O)CC(C)=N[C@@H]1CCCC[C@H]1N=C(C)CC(C)=O. The number of hydrogen-bond donors (Lipinski definition) is 0. The highest BCUT2D eigenvalue weighted by Crippen LogP contribution is 2.24. The summed E-state index contributed by atoms with van der Waals surface area (Å²) in [7, 11) is 0. The highest BCUT2D eigenvalue weighted by Gasteiger charge is 2.24. The predicted octanol–water partition coefficient (Wildman–Crippen LogP) is 3.18. The molecule has 1 rings (SSSR count). The summed E-state index contributed by atoms with van der Waals surface area (Å²) in [5, 5.41) is 0. The van der Waals surface area contributed by atoms with Crippen LogP contribution in [-0.4, -0.2) is 35.1 Å². The minimum Gasteiger partial charge on any atom is -0.300 e. The Labute approximate surface area is 121 Å². The van der Waals surface area contributed by atoms with Crippen LogP contribution in [0.25, 0.3) is 0 Å². The molecule has 0 unspecified atom stereocenters. The van der Waals surface area contributed by atoms with Crippen molar-refractivity contribution in [2.75, 3.05) is 0 Å². The van der Waals surface area contributed by atoms with Gasteiger partial charge in [-0.25, -0.2) is 0 Å². The lowest BCUT2D eigenvalue weighted by Crippen LogP contribution is -2.29. The number of ketones is 2. The van der Waals surface area contributed by atoms with Gasteiger partial charge >= 0.3 is 0 Å². The Morgan fingerprint density at radius 3 is 1.45 bits per heavy atom. The second-order valence-electron chi connectivity index (χ2n) is 5.91. The Bertz CT molecular complexity index is 384. The van der Waals surface area contributed by atoms with Gasteiger partial charge in [0.2, 0.25) is 0 Å². The van der Waals surface area contributed by atoms with Crippen molar-refractivity contribution in [3.63, 3.8) is 0 Å². The molecule has 1 saturated carbocycles. The largest absolute Gasteiger partial charge is 0.300 e. The van der Waals surface area contributed by atoms with E-state index in [0.29, 0.717) is 12.8 Å². The molecule has 0 aromatic carbocycles. The van der Waals surface area contributed by atoms with Gasteiger partial charge in [-0.15, -0.1) is 0 Å². The molecule has 0 N–H and O–H groups in total. The molecule has 0 radical (unpaired) electrons. The molecule has 4 nitrogen and oxygen atoms in total. The Balaban J connectivity index is 2.76. The van der Waals surface area contributed by atoms with E-state index in [1.54, 1.807) is 13.8 Å². The van der Waals surface area contributed by atoms with Crippen LogP contribution < -0.4 is 0 Å². The molecule has 0 spiro atoms. The van der Waals surface area contributed by atoms with Crippen molar-refractivity contribution in [3.8, 4) is 0 Å². The number of carbonyl (C=O) groups is 2. The van der Waals surface area contributed by atoms with E-state index in [9.17, 15) is 9.59 Å². The first kappa shape index (κ1) is 16.7. The third-order valence-electron chi connectivity index (χ3n) is 3.48. The molecule has 0 bridgehead atoms. The van der Waals surface area contributed by atoms with Crippen molar-refractivity contribution in [1.82, 2.24) is 0 Å². The normalized spacial score (nSPS) is 24.6. The number of rotatable bonds is 6. The van der Waals surface area contributed by atoms with E-state index in [-0.39, 0.29) is 23.7 Å². The van der Waals surface area contributed by atoms with Gasteiger partial charge in [0.25, 0.3) is 0 Å². The number of hydrogen-bond acceptors (Lipinski definition) is 4. The van der Waals surface area contributed by atoms with Gasteiger partial charge in [0, 0.05) is 24.3 Å². The van der Waals surface area contributed by atoms with Gasteiger partial charge in [0.15, 0.2) is 0 Å². The molecule has 0 heterocycles. The number of nitrogens with zero attached hydrogens (tertiary/aromatic N) is 2. The zero-order valence-electron chi connectivity index (χ0n) is 13.1. The van der Waals surface area contributed by atoms with Gasteiger partial charge in [-0.2, -0.15) is 0 Å². The highest BCUT2D eigenvalue weighted by atomic mass is 16.1. The van der Waals surface area contributed by atoms with E-state index in [1.807, 2.05) is 13.8 Å². The van der Waals surface area contributed by atoms with Crippen molar-refractivity contribution >= 4 is 23.0 Å². The molecule has 1 aliphatic rings. The lowest BCUT2D eigenvalue weighted by atomic mass is 9.90. The summed E-state index contributed by atoms with van der Waals surface area (Å²) in [6.45, 7) is 7.01. The maximum Gasteiger partial charge on any atom is 0.135 e. The summed E-state index contributed by atoms with van der Waals surface area (Å²) in [6.07, 6.45) is 5.24. The smallest absolute Gasteiger partial charge is 0.135 e. The summed E-state index contributed by atoms with van der Waals surface area (Å²) < 4.78 is 0. The summed E-state index contributed by atoms with van der Waals surface area (Å²) >= 11 is 0. The van der Waals surface area contributed by atoms with Crippen LogP contribution in [0.2, 0.25) is 0 Å². The molecule has 0 amide bonds. The average molecular weight is 278 g/mol. The second kappa shape index (κ2) is 8.08. The van der Waals surface area contributed by atoms with Gasteiger partial charge in [-0.05, 0) is 40.5 Å². The minimum absolute atomic E-state index is 0.148. The van der Waals surface area contributed by atoms with Gasteiger partial charge in [0.1, 0.15) is 11.6 Å². The highest BCUT2D eigenvalue weighted by molar-refractivity contribution is 6.00. The fourth-order valence-corrected chi connectivity index (χ4v) is 2.77. The summed E-state index contributed by atoms with van der Waals surface area (Å²) in [4.78, 5) is 31.6. The molecular formula is C16H26N2O2. The van der Waals surface area contributed by atoms with E-state index < -0.39 is 0 Å². The maximum absolute atomic E-state index is 11.1. The fourth-order valence-electron chi connectivity index (χ4n) is 2.77. The zero-order chi connectivity index (χ0) is 15.1. The summed E-state index contributed by atoms with van der Waals surface area (Å²) in [5.41, 5.74) is 1.79. The summed E-state index contributed by atoms with van der Waals surface area (Å²) in [5.74, 6) is 0.296. The van der Waals surface area contributed by atoms with Crippen molar-refractivity contribution in [2.45, 2.75) is 78.3 Å². The van der Waals surface area contributed by atoms with Crippen LogP contribution in [0.3, 0.4) is 0 Å².